The van der Waals surface area contributed by atoms with E-state index in [4.69, 9.17) is 0 Å². The summed E-state index contributed by atoms with van der Waals surface area (Å²) in [5.74, 6) is -0.325. The van der Waals surface area contributed by atoms with Crippen molar-refractivity contribution in [3.8, 4) is 5.75 Å². The molecule has 0 aliphatic heterocycles. The number of nitrogens with zero attached hydrogens (tertiary/aromatic N) is 2. The predicted octanol–water partition coefficient (Wildman–Crippen LogP) is 2.85. The first-order valence-electron chi connectivity index (χ1n) is 4.72. The lowest BCUT2D eigenvalue weighted by Gasteiger charge is -2.02. The molecule has 0 aliphatic rings. The minimum Gasteiger partial charge on any atom is -0.502 e. The van der Waals surface area contributed by atoms with E-state index in [2.05, 4.69) is 4.98 Å². The van der Waals surface area contributed by atoms with E-state index in [-0.39, 0.29) is 11.4 Å². The van der Waals surface area contributed by atoms with Crippen LogP contribution in [0.2, 0.25) is 0 Å². The highest BCUT2D eigenvalue weighted by Crippen LogP contribution is 2.33. The second-order valence-electron chi connectivity index (χ2n) is 3.19. The zero-order chi connectivity index (χ0) is 12.3. The fourth-order valence-electron chi connectivity index (χ4n) is 1.26. The van der Waals surface area contributed by atoms with Crippen LogP contribution in [-0.4, -0.2) is 15.0 Å². The Labute approximate surface area is 101 Å². The monoisotopic (exact) mass is 248 g/mol. The third kappa shape index (κ3) is 2.73. The fourth-order valence-corrected chi connectivity index (χ4v) is 2.10. The first-order valence-corrected chi connectivity index (χ1v) is 5.54. The summed E-state index contributed by atoms with van der Waals surface area (Å²) in [4.78, 5) is 15.5. The van der Waals surface area contributed by atoms with Crippen LogP contribution in [0.5, 0.6) is 5.75 Å². The number of hydrogen-bond acceptors (Lipinski definition) is 5. The Morgan fingerprint density at radius 1 is 1.18 bits per heavy atom. The lowest BCUT2D eigenvalue weighted by molar-refractivity contribution is -0.385. The Morgan fingerprint density at radius 2 is 1.88 bits per heavy atom. The molecule has 1 N–H and O–H groups in total. The van der Waals surface area contributed by atoms with Crippen LogP contribution in [0.3, 0.4) is 0 Å². The maximum absolute atomic E-state index is 10.5. The van der Waals surface area contributed by atoms with Gasteiger partial charge < -0.3 is 5.11 Å². The summed E-state index contributed by atoms with van der Waals surface area (Å²) in [6.07, 6.45) is 3.32. The molecule has 0 radical (unpaired) electrons. The summed E-state index contributed by atoms with van der Waals surface area (Å²) in [5, 5.41) is 20.0. The van der Waals surface area contributed by atoms with E-state index >= 15 is 0 Å². The molecule has 2 rings (SSSR count). The van der Waals surface area contributed by atoms with Gasteiger partial charge in [-0.15, -0.1) is 0 Å². The van der Waals surface area contributed by atoms with E-state index in [0.717, 1.165) is 9.79 Å². The smallest absolute Gasteiger partial charge is 0.310 e. The fraction of sp³-hybridized carbons (Fsp3) is 0. The van der Waals surface area contributed by atoms with Crippen LogP contribution in [0.1, 0.15) is 0 Å². The van der Waals surface area contributed by atoms with Crippen LogP contribution in [0, 0.1) is 10.1 Å². The van der Waals surface area contributed by atoms with Gasteiger partial charge in [0, 0.05) is 34.3 Å². The van der Waals surface area contributed by atoms with E-state index in [1.807, 2.05) is 12.1 Å². The molecule has 0 amide bonds. The highest BCUT2D eigenvalue weighted by Gasteiger charge is 2.13. The molecule has 0 bridgehead atoms. The standard InChI is InChI=1S/C11H8N2O3S/c14-11-7-9(1-2-10(11)13(15)16)17-8-3-5-12-6-4-8/h1-7,14H. The molecule has 17 heavy (non-hydrogen) atoms. The highest BCUT2D eigenvalue weighted by molar-refractivity contribution is 7.99. The number of pyridine rings is 1. The molecular formula is C11H8N2O3S. The second-order valence-corrected chi connectivity index (χ2v) is 4.34. The highest BCUT2D eigenvalue weighted by atomic mass is 32.2. The number of nitro benzene ring substituents is 1. The predicted molar refractivity (Wildman–Crippen MR) is 63.1 cm³/mol. The molecule has 0 saturated carbocycles. The summed E-state index contributed by atoms with van der Waals surface area (Å²) in [6, 6.07) is 7.91. The summed E-state index contributed by atoms with van der Waals surface area (Å²) in [6.45, 7) is 0. The summed E-state index contributed by atoms with van der Waals surface area (Å²) in [5.41, 5.74) is -0.288. The number of rotatable bonds is 3. The molecule has 0 unspecified atom stereocenters. The molecule has 1 heterocycles. The molecule has 0 atom stereocenters. The van der Waals surface area contributed by atoms with Gasteiger partial charge in [-0.05, 0) is 18.2 Å². The summed E-state index contributed by atoms with van der Waals surface area (Å²) in [7, 11) is 0. The number of nitro groups is 1. The van der Waals surface area contributed by atoms with E-state index in [0.29, 0.717) is 0 Å². The third-order valence-corrected chi connectivity index (χ3v) is 3.03. The number of benzene rings is 1. The normalized spacial score (nSPS) is 10.1. The number of aromatic hydroxyl groups is 1. The molecule has 86 valence electrons. The first-order chi connectivity index (χ1) is 8.16. The number of hydrogen-bond donors (Lipinski definition) is 1. The summed E-state index contributed by atoms with van der Waals surface area (Å²) >= 11 is 1.40. The van der Waals surface area contributed by atoms with Crippen LogP contribution in [-0.2, 0) is 0 Å². The van der Waals surface area contributed by atoms with Crippen LogP contribution < -0.4 is 0 Å². The molecule has 0 saturated heterocycles. The molecule has 0 fully saturated rings. The third-order valence-electron chi connectivity index (χ3n) is 2.03. The van der Waals surface area contributed by atoms with E-state index in [9.17, 15) is 15.2 Å². The van der Waals surface area contributed by atoms with Gasteiger partial charge in [-0.25, -0.2) is 0 Å². The summed E-state index contributed by atoms with van der Waals surface area (Å²) < 4.78 is 0. The van der Waals surface area contributed by atoms with Crippen molar-refractivity contribution in [1.82, 2.24) is 4.98 Å². The van der Waals surface area contributed by atoms with Gasteiger partial charge in [0.15, 0.2) is 5.75 Å². The van der Waals surface area contributed by atoms with Crippen molar-refractivity contribution in [3.05, 3.63) is 52.8 Å². The zero-order valence-corrected chi connectivity index (χ0v) is 9.42. The SMILES string of the molecule is O=[N+]([O-])c1ccc(Sc2ccncc2)cc1O. The molecule has 6 heteroatoms. The topological polar surface area (TPSA) is 76.3 Å². The molecular weight excluding hydrogens is 240 g/mol. The van der Waals surface area contributed by atoms with Gasteiger partial charge in [0.25, 0.3) is 0 Å². The zero-order valence-electron chi connectivity index (χ0n) is 8.61. The van der Waals surface area contributed by atoms with Gasteiger partial charge in [0.05, 0.1) is 4.92 Å². The first kappa shape index (κ1) is 11.4. The molecule has 5 nitrogen and oxygen atoms in total. The minimum atomic E-state index is -0.615. The molecule has 0 spiro atoms. The van der Waals surface area contributed by atoms with Crippen molar-refractivity contribution < 1.29 is 10.0 Å². The second kappa shape index (κ2) is 4.84. The van der Waals surface area contributed by atoms with Gasteiger partial charge in [0.2, 0.25) is 0 Å². The lowest BCUT2D eigenvalue weighted by Crippen LogP contribution is -1.88. The van der Waals surface area contributed by atoms with E-state index in [1.54, 1.807) is 18.5 Å². The van der Waals surface area contributed by atoms with Crippen molar-refractivity contribution in [2.45, 2.75) is 9.79 Å². The van der Waals surface area contributed by atoms with Crippen molar-refractivity contribution >= 4 is 17.4 Å². The molecule has 1 aromatic heterocycles. The molecule has 0 aliphatic carbocycles. The van der Waals surface area contributed by atoms with Crippen LogP contribution in [0.25, 0.3) is 0 Å². The van der Waals surface area contributed by atoms with Crippen molar-refractivity contribution in [1.29, 1.82) is 0 Å². The maximum Gasteiger partial charge on any atom is 0.310 e. The number of aromatic nitrogens is 1. The minimum absolute atomic E-state index is 0.288. The Balaban J connectivity index is 2.24. The van der Waals surface area contributed by atoms with Crippen LogP contribution >= 0.6 is 11.8 Å². The van der Waals surface area contributed by atoms with Gasteiger partial charge >= 0.3 is 5.69 Å². The average molecular weight is 248 g/mol. The van der Waals surface area contributed by atoms with Gasteiger partial charge in [-0.3, -0.25) is 15.1 Å². The Hall–Kier alpha value is -2.08. The number of phenolic OH excluding ortho intramolecular Hbond substituents is 1. The quantitative estimate of drug-likeness (QED) is 0.667. The Bertz CT molecular complexity index is 546. The number of phenols is 1. The van der Waals surface area contributed by atoms with E-state index < -0.39 is 4.92 Å². The molecule has 2 aromatic rings. The maximum atomic E-state index is 10.5. The Morgan fingerprint density at radius 3 is 2.47 bits per heavy atom. The van der Waals surface area contributed by atoms with Crippen LogP contribution in [0.15, 0.2) is 52.5 Å². The van der Waals surface area contributed by atoms with Gasteiger partial charge in [-0.2, -0.15) is 0 Å². The Kier molecular flexibility index (Phi) is 3.24. The lowest BCUT2D eigenvalue weighted by atomic mass is 10.3. The largest absolute Gasteiger partial charge is 0.502 e. The van der Waals surface area contributed by atoms with Crippen molar-refractivity contribution in [3.63, 3.8) is 0 Å². The van der Waals surface area contributed by atoms with E-state index in [1.165, 1.54) is 23.9 Å². The van der Waals surface area contributed by atoms with Gasteiger partial charge in [-0.1, -0.05) is 11.8 Å². The van der Waals surface area contributed by atoms with Crippen molar-refractivity contribution in [2.24, 2.45) is 0 Å². The molecule has 1 aromatic carbocycles. The van der Waals surface area contributed by atoms with Gasteiger partial charge in [0.1, 0.15) is 0 Å². The van der Waals surface area contributed by atoms with Crippen molar-refractivity contribution in [2.75, 3.05) is 0 Å². The average Bonchev–Trinajstić information content (AvgIpc) is 2.30. The van der Waals surface area contributed by atoms with Crippen LogP contribution in [0.4, 0.5) is 5.69 Å².